The maximum Gasteiger partial charge on any atom is 0.408 e. The Hall–Kier alpha value is -3.39. The number of nitrogens with one attached hydrogen (secondary N) is 2. The number of carbonyl (C=O) groups is 3. The fourth-order valence-corrected chi connectivity index (χ4v) is 5.35. The van der Waals surface area contributed by atoms with Crippen LogP contribution in [0.15, 0.2) is 54.6 Å². The van der Waals surface area contributed by atoms with Gasteiger partial charge in [-0.15, -0.1) is 0 Å². The van der Waals surface area contributed by atoms with Crippen LogP contribution in [0.2, 0.25) is 0 Å². The lowest BCUT2D eigenvalue weighted by atomic mass is 9.85. The molecule has 8 heteroatoms. The fourth-order valence-electron chi connectivity index (χ4n) is 5.35. The minimum absolute atomic E-state index is 0.114. The fraction of sp³-hybridized carbons (Fsp3) is 0.483. The number of amides is 3. The highest BCUT2D eigenvalue weighted by atomic mass is 16.5. The van der Waals surface area contributed by atoms with E-state index in [9.17, 15) is 14.4 Å². The van der Waals surface area contributed by atoms with Crippen molar-refractivity contribution in [3.05, 3.63) is 65.7 Å². The molecule has 1 aliphatic heterocycles. The van der Waals surface area contributed by atoms with Crippen LogP contribution < -0.4 is 16.4 Å². The second-order valence-corrected chi connectivity index (χ2v) is 10.1. The van der Waals surface area contributed by atoms with Crippen LogP contribution in [0, 0.1) is 11.8 Å². The van der Waals surface area contributed by atoms with E-state index in [2.05, 4.69) is 10.6 Å². The Bertz CT molecular complexity index is 1050. The van der Waals surface area contributed by atoms with Gasteiger partial charge < -0.3 is 26.0 Å². The topological polar surface area (TPSA) is 114 Å². The number of anilines is 1. The normalized spacial score (nSPS) is 17.6. The van der Waals surface area contributed by atoms with E-state index < -0.39 is 12.1 Å². The van der Waals surface area contributed by atoms with Crippen molar-refractivity contribution >= 4 is 23.6 Å². The summed E-state index contributed by atoms with van der Waals surface area (Å²) in [5.41, 5.74) is 8.14. The molecule has 2 aromatic rings. The third-order valence-electron chi connectivity index (χ3n) is 7.48. The summed E-state index contributed by atoms with van der Waals surface area (Å²) >= 11 is 0. The van der Waals surface area contributed by atoms with Gasteiger partial charge in [-0.1, -0.05) is 61.7 Å². The first-order valence-corrected chi connectivity index (χ1v) is 13.4. The quantitative estimate of drug-likeness (QED) is 0.497. The molecule has 0 spiro atoms. The first-order valence-electron chi connectivity index (χ1n) is 13.4. The average molecular weight is 507 g/mol. The van der Waals surface area contributed by atoms with Crippen molar-refractivity contribution in [3.8, 4) is 0 Å². The summed E-state index contributed by atoms with van der Waals surface area (Å²) in [6, 6.07) is 16.0. The average Bonchev–Trinajstić information content (AvgIpc) is 2.95. The van der Waals surface area contributed by atoms with E-state index in [1.165, 1.54) is 6.42 Å². The summed E-state index contributed by atoms with van der Waals surface area (Å²) in [5, 5.41) is 5.75. The molecule has 8 nitrogen and oxygen atoms in total. The molecule has 2 aromatic carbocycles. The zero-order valence-electron chi connectivity index (χ0n) is 21.4. The summed E-state index contributed by atoms with van der Waals surface area (Å²) in [7, 11) is 0. The molecule has 1 saturated carbocycles. The predicted octanol–water partition coefficient (Wildman–Crippen LogP) is 4.20. The Labute approximate surface area is 218 Å². The highest BCUT2D eigenvalue weighted by Gasteiger charge is 2.36. The van der Waals surface area contributed by atoms with Gasteiger partial charge in [0, 0.05) is 31.2 Å². The highest BCUT2D eigenvalue weighted by molar-refractivity contribution is 5.97. The number of hydrogen-bond donors (Lipinski definition) is 3. The first-order chi connectivity index (χ1) is 18.0. The van der Waals surface area contributed by atoms with E-state index >= 15 is 0 Å². The van der Waals surface area contributed by atoms with E-state index in [0.29, 0.717) is 38.2 Å². The van der Waals surface area contributed by atoms with Gasteiger partial charge in [0.2, 0.25) is 11.8 Å². The number of nitrogens with two attached hydrogens (primary N) is 1. The second kappa shape index (κ2) is 13.2. The number of benzene rings is 2. The number of rotatable bonds is 8. The molecule has 0 radical (unpaired) electrons. The number of piperidine rings is 1. The predicted molar refractivity (Wildman–Crippen MR) is 142 cm³/mol. The van der Waals surface area contributed by atoms with Gasteiger partial charge in [-0.2, -0.15) is 0 Å². The summed E-state index contributed by atoms with van der Waals surface area (Å²) in [6.07, 6.45) is 6.03. The SMILES string of the molecule is NCc1cccc(NC(=O)[C@H](NC(=O)OCc2ccccc2)C2CCN(C(=O)C3CCCCC3)CC2)c1. The van der Waals surface area contributed by atoms with Crippen LogP contribution in [-0.4, -0.2) is 41.9 Å². The number of likely N-dealkylation sites (tertiary alicyclic amines) is 1. The summed E-state index contributed by atoms with van der Waals surface area (Å²) in [6.45, 7) is 1.67. The molecule has 1 heterocycles. The number of ether oxygens (including phenoxy) is 1. The molecule has 2 fully saturated rings. The Balaban J connectivity index is 1.40. The van der Waals surface area contributed by atoms with Crippen LogP contribution in [0.4, 0.5) is 10.5 Å². The van der Waals surface area contributed by atoms with Crippen molar-refractivity contribution in [1.82, 2.24) is 10.2 Å². The first kappa shape index (κ1) is 26.7. The molecule has 0 aromatic heterocycles. The molecular formula is C29H38N4O4. The van der Waals surface area contributed by atoms with Gasteiger partial charge in [0.25, 0.3) is 0 Å². The van der Waals surface area contributed by atoms with Crippen molar-refractivity contribution in [1.29, 1.82) is 0 Å². The second-order valence-electron chi connectivity index (χ2n) is 10.1. The summed E-state index contributed by atoms with van der Waals surface area (Å²) in [4.78, 5) is 41.1. The number of nitrogens with zero attached hydrogens (tertiary/aromatic N) is 1. The van der Waals surface area contributed by atoms with E-state index in [4.69, 9.17) is 10.5 Å². The Kier molecular flexibility index (Phi) is 9.54. The van der Waals surface area contributed by atoms with Crippen molar-refractivity contribution in [3.63, 3.8) is 0 Å². The molecule has 1 aliphatic carbocycles. The van der Waals surface area contributed by atoms with E-state index in [1.807, 2.05) is 53.4 Å². The maximum atomic E-state index is 13.4. The van der Waals surface area contributed by atoms with Crippen LogP contribution in [0.1, 0.15) is 56.1 Å². The summed E-state index contributed by atoms with van der Waals surface area (Å²) < 4.78 is 5.41. The Morgan fingerprint density at radius 1 is 0.919 bits per heavy atom. The van der Waals surface area contributed by atoms with Gasteiger partial charge in [-0.3, -0.25) is 9.59 Å². The van der Waals surface area contributed by atoms with Crippen LogP contribution in [0.3, 0.4) is 0 Å². The van der Waals surface area contributed by atoms with E-state index in [1.54, 1.807) is 6.07 Å². The van der Waals surface area contributed by atoms with E-state index in [-0.39, 0.29) is 30.3 Å². The Morgan fingerprint density at radius 3 is 2.32 bits per heavy atom. The lowest BCUT2D eigenvalue weighted by Crippen LogP contribution is -2.52. The van der Waals surface area contributed by atoms with Crippen molar-refractivity contribution in [2.75, 3.05) is 18.4 Å². The molecule has 198 valence electrons. The molecule has 1 atom stereocenters. The molecular weight excluding hydrogens is 468 g/mol. The smallest absolute Gasteiger partial charge is 0.408 e. The lowest BCUT2D eigenvalue weighted by Gasteiger charge is -2.37. The largest absolute Gasteiger partial charge is 0.445 e. The standard InChI is InChI=1S/C29H38N4O4/c30-19-22-10-7-13-25(18-22)31-27(34)26(32-29(36)37-20-21-8-3-1-4-9-21)23-14-16-33(17-15-23)28(35)24-11-5-2-6-12-24/h1,3-4,7-10,13,18,23-24,26H,2,5-6,11-12,14-17,19-20,30H2,(H,31,34)(H,32,36)/t26-/m1/s1. The van der Waals surface area contributed by atoms with Crippen molar-refractivity contribution < 1.29 is 19.1 Å². The van der Waals surface area contributed by atoms with Crippen LogP contribution >= 0.6 is 0 Å². The van der Waals surface area contributed by atoms with Crippen LogP contribution in [0.25, 0.3) is 0 Å². The van der Waals surface area contributed by atoms with Gasteiger partial charge in [0.1, 0.15) is 12.6 Å². The molecule has 0 bridgehead atoms. The van der Waals surface area contributed by atoms with E-state index in [0.717, 1.165) is 36.8 Å². The van der Waals surface area contributed by atoms with Crippen molar-refractivity contribution in [2.24, 2.45) is 17.6 Å². The minimum Gasteiger partial charge on any atom is -0.445 e. The van der Waals surface area contributed by atoms with Gasteiger partial charge in [-0.25, -0.2) is 4.79 Å². The number of alkyl carbamates (subject to hydrolysis) is 1. The molecule has 4 rings (SSSR count). The minimum atomic E-state index is -0.781. The maximum absolute atomic E-state index is 13.4. The monoisotopic (exact) mass is 506 g/mol. The van der Waals surface area contributed by atoms with Gasteiger partial charge in [0.05, 0.1) is 0 Å². The lowest BCUT2D eigenvalue weighted by molar-refractivity contribution is -0.138. The molecule has 4 N–H and O–H groups in total. The van der Waals surface area contributed by atoms with Gasteiger partial charge in [0.15, 0.2) is 0 Å². The zero-order valence-corrected chi connectivity index (χ0v) is 21.4. The molecule has 2 aliphatic rings. The summed E-state index contributed by atoms with van der Waals surface area (Å²) in [5.74, 6) is -0.0430. The third-order valence-corrected chi connectivity index (χ3v) is 7.48. The molecule has 3 amide bonds. The van der Waals surface area contributed by atoms with Gasteiger partial charge in [-0.05, 0) is 54.9 Å². The Morgan fingerprint density at radius 2 is 1.62 bits per heavy atom. The molecule has 0 unspecified atom stereocenters. The number of hydrogen-bond acceptors (Lipinski definition) is 5. The van der Waals surface area contributed by atoms with Crippen LogP contribution in [-0.2, 0) is 27.5 Å². The highest BCUT2D eigenvalue weighted by Crippen LogP contribution is 2.29. The molecule has 1 saturated heterocycles. The van der Waals surface area contributed by atoms with Gasteiger partial charge >= 0.3 is 6.09 Å². The molecule has 37 heavy (non-hydrogen) atoms. The van der Waals surface area contributed by atoms with Crippen molar-refractivity contribution in [2.45, 2.75) is 64.1 Å². The number of carbonyl (C=O) groups excluding carboxylic acids is 3. The third kappa shape index (κ3) is 7.55. The zero-order chi connectivity index (χ0) is 26.0. The van der Waals surface area contributed by atoms with Crippen LogP contribution in [0.5, 0.6) is 0 Å².